The molecule has 9 nitrogen and oxygen atoms in total. The minimum absolute atomic E-state index is 0.0583. The van der Waals surface area contributed by atoms with Gasteiger partial charge in [0, 0.05) is 65.6 Å². The van der Waals surface area contributed by atoms with Crippen molar-refractivity contribution in [2.75, 3.05) is 9.80 Å². The standard InChI is InChI=1S/C25H25F3N2O3.C23H23F3N2O2/c1-15(31)29(17-11-12-17)23-19-5-2-3-7-21(19)30(22-8-4-6-20(22)23)24(32)16-9-13-18(14-10-16)33-25(26,27)28;24-23(25,26)30-16-12-8-14(9-13-16)22(29)28-19-6-2-1-4-17(19)21(27-15-10-11-15)18-5-3-7-20(18)28/h2-3,5,7,9-10,13-14,17,20,22-23H,4,6,8,11-12H2,1H3;1-2,4,6,8-9,12-13,15,18,20-21,27H,3,5,7,10-11H2. The molecule has 4 fully saturated rings. The van der Waals surface area contributed by atoms with Crippen LogP contribution < -0.4 is 24.6 Å². The zero-order valence-corrected chi connectivity index (χ0v) is 34.6. The zero-order chi connectivity index (χ0) is 44.2. The molecular weight excluding hydrogens is 827 g/mol. The number of benzene rings is 4. The number of nitrogens with one attached hydrogen (secondary N) is 1. The predicted molar refractivity (Wildman–Crippen MR) is 222 cm³/mol. The van der Waals surface area contributed by atoms with Crippen molar-refractivity contribution in [1.29, 1.82) is 0 Å². The Bertz CT molecular complexity index is 2330. The van der Waals surface area contributed by atoms with Crippen molar-refractivity contribution < 1.29 is 50.2 Å². The van der Waals surface area contributed by atoms with Gasteiger partial charge in [-0.25, -0.2) is 0 Å². The molecule has 1 N–H and O–H groups in total. The Kier molecular flexibility index (Phi) is 11.4. The molecule has 0 saturated heterocycles. The molecule has 0 spiro atoms. The van der Waals surface area contributed by atoms with E-state index in [2.05, 4.69) is 20.9 Å². The number of hydrogen-bond donors (Lipinski definition) is 1. The van der Waals surface area contributed by atoms with Crippen LogP contribution in [-0.2, 0) is 4.79 Å². The van der Waals surface area contributed by atoms with Gasteiger partial charge in [0.15, 0.2) is 0 Å². The van der Waals surface area contributed by atoms with Crippen molar-refractivity contribution in [3.63, 3.8) is 0 Å². The van der Waals surface area contributed by atoms with Crippen molar-refractivity contribution in [1.82, 2.24) is 10.2 Å². The fraction of sp³-hybridized carbons (Fsp3) is 0.438. The molecule has 0 aromatic heterocycles. The molecule has 6 unspecified atom stereocenters. The molecule has 63 heavy (non-hydrogen) atoms. The molecule has 4 saturated carbocycles. The number of anilines is 2. The number of ether oxygens (including phenoxy) is 2. The average molecular weight is 875 g/mol. The van der Waals surface area contributed by atoms with Crippen molar-refractivity contribution in [2.45, 2.75) is 120 Å². The number of alkyl halides is 6. The molecule has 10 rings (SSSR count). The monoisotopic (exact) mass is 874 g/mol. The van der Waals surface area contributed by atoms with Crippen LogP contribution in [0.1, 0.15) is 115 Å². The van der Waals surface area contributed by atoms with Crippen LogP contribution in [0.5, 0.6) is 11.5 Å². The van der Waals surface area contributed by atoms with E-state index >= 15 is 0 Å². The topological polar surface area (TPSA) is 91.4 Å². The molecule has 15 heteroatoms. The molecule has 4 aliphatic carbocycles. The number of fused-ring (bicyclic) bond motifs is 4. The summed E-state index contributed by atoms with van der Waals surface area (Å²) < 4.78 is 82.7. The van der Waals surface area contributed by atoms with Crippen LogP contribution in [0.15, 0.2) is 97.1 Å². The number of hydrogen-bond acceptors (Lipinski definition) is 6. The summed E-state index contributed by atoms with van der Waals surface area (Å²) in [6, 6.07) is 27.0. The maximum atomic E-state index is 13.6. The number of carbonyl (C=O) groups is 3. The summed E-state index contributed by atoms with van der Waals surface area (Å²) in [5, 5.41) is 3.79. The van der Waals surface area contributed by atoms with Crippen LogP contribution in [-0.4, -0.2) is 59.5 Å². The Morgan fingerprint density at radius 3 is 1.52 bits per heavy atom. The molecule has 6 aliphatic rings. The van der Waals surface area contributed by atoms with Gasteiger partial charge in [-0.15, -0.1) is 26.3 Å². The number of carbonyl (C=O) groups excluding carboxylic acids is 3. The van der Waals surface area contributed by atoms with Crippen LogP contribution in [0.2, 0.25) is 0 Å². The summed E-state index contributed by atoms with van der Waals surface area (Å²) in [6.07, 6.45) is 0.632. The van der Waals surface area contributed by atoms with E-state index in [0.29, 0.717) is 23.1 Å². The second-order valence-electron chi connectivity index (χ2n) is 17.5. The van der Waals surface area contributed by atoms with Crippen molar-refractivity contribution >= 4 is 29.1 Å². The van der Waals surface area contributed by atoms with Crippen molar-refractivity contribution in [2.24, 2.45) is 11.8 Å². The summed E-state index contributed by atoms with van der Waals surface area (Å²) >= 11 is 0. The first kappa shape index (κ1) is 42.7. The first-order valence-electron chi connectivity index (χ1n) is 21.8. The second-order valence-corrected chi connectivity index (χ2v) is 17.5. The first-order chi connectivity index (χ1) is 30.1. The highest BCUT2D eigenvalue weighted by Gasteiger charge is 2.51. The predicted octanol–water partition coefficient (Wildman–Crippen LogP) is 10.7. The van der Waals surface area contributed by atoms with E-state index in [0.717, 1.165) is 86.0 Å². The number of halogens is 6. The van der Waals surface area contributed by atoms with E-state index in [1.165, 1.54) is 49.2 Å². The number of amides is 3. The third kappa shape index (κ3) is 8.98. The summed E-state index contributed by atoms with van der Waals surface area (Å²) in [7, 11) is 0. The Morgan fingerprint density at radius 1 is 0.587 bits per heavy atom. The molecule has 0 bridgehead atoms. The summed E-state index contributed by atoms with van der Waals surface area (Å²) in [5.74, 6) is -0.592. The lowest BCUT2D eigenvalue weighted by Crippen LogP contribution is -2.52. The smallest absolute Gasteiger partial charge is 0.406 e. The lowest BCUT2D eigenvalue weighted by atomic mass is 9.81. The second kappa shape index (κ2) is 16.9. The lowest BCUT2D eigenvalue weighted by Gasteiger charge is -2.47. The Balaban J connectivity index is 0.000000161. The first-order valence-corrected chi connectivity index (χ1v) is 21.8. The van der Waals surface area contributed by atoms with Crippen LogP contribution >= 0.6 is 0 Å². The number of para-hydroxylation sites is 2. The molecule has 2 heterocycles. The van der Waals surface area contributed by atoms with Gasteiger partial charge in [0.2, 0.25) is 5.91 Å². The number of rotatable bonds is 8. The van der Waals surface area contributed by atoms with Gasteiger partial charge >= 0.3 is 12.7 Å². The van der Waals surface area contributed by atoms with Crippen LogP contribution in [0.3, 0.4) is 0 Å². The van der Waals surface area contributed by atoms with Gasteiger partial charge in [0.25, 0.3) is 11.8 Å². The van der Waals surface area contributed by atoms with E-state index in [1.807, 2.05) is 52.3 Å². The highest BCUT2D eigenvalue weighted by molar-refractivity contribution is 6.08. The fourth-order valence-corrected chi connectivity index (χ4v) is 10.6. The zero-order valence-electron chi connectivity index (χ0n) is 34.6. The third-order valence-electron chi connectivity index (χ3n) is 13.3. The Morgan fingerprint density at radius 2 is 1.05 bits per heavy atom. The maximum absolute atomic E-state index is 13.6. The highest BCUT2D eigenvalue weighted by Crippen LogP contribution is 2.53. The molecule has 4 aromatic rings. The largest absolute Gasteiger partial charge is 0.573 e. The van der Waals surface area contributed by atoms with Crippen molar-refractivity contribution in [3.05, 3.63) is 119 Å². The lowest BCUT2D eigenvalue weighted by molar-refractivity contribution is -0.275. The summed E-state index contributed by atoms with van der Waals surface area (Å²) in [5.41, 5.74) is 4.44. The maximum Gasteiger partial charge on any atom is 0.573 e. The van der Waals surface area contributed by atoms with Gasteiger partial charge in [0.1, 0.15) is 11.5 Å². The fourth-order valence-electron chi connectivity index (χ4n) is 10.6. The van der Waals surface area contributed by atoms with Crippen LogP contribution in [0.4, 0.5) is 37.7 Å². The van der Waals surface area contributed by atoms with E-state index in [4.69, 9.17) is 0 Å². The van der Waals surface area contributed by atoms with E-state index in [1.54, 1.807) is 11.8 Å². The van der Waals surface area contributed by atoms with Gasteiger partial charge in [-0.2, -0.15) is 0 Å². The average Bonchev–Trinajstić information content (AvgIpc) is 4.16. The van der Waals surface area contributed by atoms with E-state index in [9.17, 15) is 40.7 Å². The van der Waals surface area contributed by atoms with Crippen LogP contribution in [0, 0.1) is 11.8 Å². The Hall–Kier alpha value is -5.57. The summed E-state index contributed by atoms with van der Waals surface area (Å²) in [6.45, 7) is 1.62. The minimum Gasteiger partial charge on any atom is -0.406 e. The molecule has 332 valence electrons. The normalized spacial score (nSPS) is 24.8. The minimum atomic E-state index is -4.78. The molecule has 4 aromatic carbocycles. The van der Waals surface area contributed by atoms with Gasteiger partial charge in [0.05, 0.1) is 6.04 Å². The van der Waals surface area contributed by atoms with Gasteiger partial charge in [-0.3, -0.25) is 14.4 Å². The van der Waals surface area contributed by atoms with Gasteiger partial charge in [-0.1, -0.05) is 49.2 Å². The van der Waals surface area contributed by atoms with E-state index < -0.39 is 12.7 Å². The third-order valence-corrected chi connectivity index (χ3v) is 13.3. The molecule has 6 atom stereocenters. The molecule has 0 radical (unpaired) electrons. The quantitative estimate of drug-likeness (QED) is 0.177. The number of nitrogens with zero attached hydrogens (tertiary/aromatic N) is 3. The van der Waals surface area contributed by atoms with Crippen LogP contribution in [0.25, 0.3) is 0 Å². The van der Waals surface area contributed by atoms with Crippen molar-refractivity contribution in [3.8, 4) is 11.5 Å². The Labute approximate surface area is 361 Å². The van der Waals surface area contributed by atoms with E-state index in [-0.39, 0.29) is 65.3 Å². The highest BCUT2D eigenvalue weighted by atomic mass is 19.4. The van der Waals surface area contributed by atoms with Gasteiger partial charge in [-0.05, 0) is 129 Å². The SMILES string of the molecule is CC(=O)N(C1CC1)C1c2ccccc2N(C(=O)c2ccc(OC(F)(F)F)cc2)C2CCCC21.O=C(c1ccc(OC(F)(F)F)cc1)N1c2ccccc2C(NC2CC2)C2CCCC21. The van der Waals surface area contributed by atoms with Gasteiger partial charge < -0.3 is 29.5 Å². The molecule has 2 aliphatic heterocycles. The molecule has 3 amide bonds. The molecular formula is C48H48F6N4O5. The summed E-state index contributed by atoms with van der Waals surface area (Å²) in [4.78, 5) is 45.5.